The molecule has 22 heavy (non-hydrogen) atoms. The molecule has 3 rings (SSSR count). The van der Waals surface area contributed by atoms with Crippen molar-refractivity contribution in [1.82, 2.24) is 10.6 Å². The molecule has 1 aromatic heterocycles. The van der Waals surface area contributed by atoms with E-state index in [2.05, 4.69) is 47.0 Å². The lowest BCUT2D eigenvalue weighted by Gasteiger charge is -2.08. The monoisotopic (exact) mass is 294 g/mol. The number of rotatable bonds is 6. The average molecular weight is 294 g/mol. The van der Waals surface area contributed by atoms with Gasteiger partial charge in [-0.25, -0.2) is 0 Å². The predicted octanol–water partition coefficient (Wildman–Crippen LogP) is 2.95. The maximum atomic E-state index is 11.7. The van der Waals surface area contributed by atoms with Crippen LogP contribution in [0.25, 0.3) is 10.8 Å². The van der Waals surface area contributed by atoms with Gasteiger partial charge in [-0.1, -0.05) is 42.5 Å². The van der Waals surface area contributed by atoms with E-state index in [1.165, 1.54) is 22.6 Å². The van der Waals surface area contributed by atoms with E-state index < -0.39 is 0 Å². The van der Waals surface area contributed by atoms with Crippen LogP contribution < -0.4 is 10.6 Å². The number of nitrogens with one attached hydrogen (secondary N) is 2. The van der Waals surface area contributed by atoms with E-state index in [9.17, 15) is 4.79 Å². The van der Waals surface area contributed by atoms with Crippen molar-refractivity contribution in [2.45, 2.75) is 6.54 Å². The van der Waals surface area contributed by atoms with Crippen molar-refractivity contribution in [3.63, 3.8) is 0 Å². The van der Waals surface area contributed by atoms with E-state index in [1.807, 2.05) is 6.07 Å². The topological polar surface area (TPSA) is 54.3 Å². The summed E-state index contributed by atoms with van der Waals surface area (Å²) in [5.74, 6) is 0.158. The van der Waals surface area contributed by atoms with Gasteiger partial charge in [0.05, 0.1) is 6.26 Å². The van der Waals surface area contributed by atoms with Crippen LogP contribution in [0.3, 0.4) is 0 Å². The number of hydrogen-bond acceptors (Lipinski definition) is 3. The molecule has 0 fully saturated rings. The van der Waals surface area contributed by atoms with Crippen LogP contribution in [0.4, 0.5) is 0 Å². The third-order valence-corrected chi connectivity index (χ3v) is 3.53. The van der Waals surface area contributed by atoms with Crippen LogP contribution in [-0.2, 0) is 6.54 Å². The lowest BCUT2D eigenvalue weighted by Crippen LogP contribution is -2.31. The molecule has 0 aliphatic rings. The Morgan fingerprint density at radius 1 is 0.955 bits per heavy atom. The number of benzene rings is 2. The maximum absolute atomic E-state index is 11.7. The van der Waals surface area contributed by atoms with Gasteiger partial charge in [0.1, 0.15) is 0 Å². The SMILES string of the molecule is O=C(NCCNCc1cccc2ccccc12)c1ccco1. The lowest BCUT2D eigenvalue weighted by atomic mass is 10.0. The van der Waals surface area contributed by atoms with Gasteiger partial charge >= 0.3 is 0 Å². The van der Waals surface area contributed by atoms with E-state index >= 15 is 0 Å². The first kappa shape index (κ1) is 14.4. The minimum atomic E-state index is -0.183. The third kappa shape index (κ3) is 3.35. The van der Waals surface area contributed by atoms with Crippen LogP contribution >= 0.6 is 0 Å². The van der Waals surface area contributed by atoms with Crippen molar-refractivity contribution in [3.8, 4) is 0 Å². The van der Waals surface area contributed by atoms with Crippen LogP contribution in [0, 0.1) is 0 Å². The van der Waals surface area contributed by atoms with Gasteiger partial charge in [0.25, 0.3) is 5.91 Å². The minimum Gasteiger partial charge on any atom is -0.459 e. The van der Waals surface area contributed by atoms with Crippen molar-refractivity contribution in [2.75, 3.05) is 13.1 Å². The second-order valence-corrected chi connectivity index (χ2v) is 5.05. The van der Waals surface area contributed by atoms with E-state index in [0.29, 0.717) is 18.8 Å². The summed E-state index contributed by atoms with van der Waals surface area (Å²) in [6.07, 6.45) is 1.49. The number of furan rings is 1. The van der Waals surface area contributed by atoms with Gasteiger partial charge in [0, 0.05) is 19.6 Å². The summed E-state index contributed by atoms with van der Waals surface area (Å²) in [6, 6.07) is 18.0. The zero-order chi connectivity index (χ0) is 15.2. The average Bonchev–Trinajstić information content (AvgIpc) is 3.09. The molecule has 2 aromatic carbocycles. The standard InChI is InChI=1S/C18H18N2O2/c21-18(17-9-4-12-22-17)20-11-10-19-13-15-7-3-6-14-5-1-2-8-16(14)15/h1-9,12,19H,10-11,13H2,(H,20,21). The molecular weight excluding hydrogens is 276 g/mol. The largest absolute Gasteiger partial charge is 0.459 e. The van der Waals surface area contributed by atoms with Gasteiger partial charge in [0.15, 0.2) is 5.76 Å². The summed E-state index contributed by atoms with van der Waals surface area (Å²) in [6.45, 7) is 2.04. The number of carbonyl (C=O) groups is 1. The second kappa shape index (κ2) is 6.91. The van der Waals surface area contributed by atoms with E-state index in [1.54, 1.807) is 12.1 Å². The molecule has 2 N–H and O–H groups in total. The summed E-state index contributed by atoms with van der Waals surface area (Å²) in [5, 5.41) is 8.67. The summed E-state index contributed by atoms with van der Waals surface area (Å²) < 4.78 is 5.04. The minimum absolute atomic E-state index is 0.183. The van der Waals surface area contributed by atoms with Gasteiger partial charge < -0.3 is 15.1 Å². The van der Waals surface area contributed by atoms with Crippen molar-refractivity contribution < 1.29 is 9.21 Å². The van der Waals surface area contributed by atoms with Crippen LogP contribution in [0.5, 0.6) is 0 Å². The highest BCUT2D eigenvalue weighted by Crippen LogP contribution is 2.17. The summed E-state index contributed by atoms with van der Waals surface area (Å²) in [5.41, 5.74) is 1.26. The smallest absolute Gasteiger partial charge is 0.287 e. The van der Waals surface area contributed by atoms with Crippen molar-refractivity contribution >= 4 is 16.7 Å². The molecule has 112 valence electrons. The Hall–Kier alpha value is -2.59. The first-order valence-electron chi connectivity index (χ1n) is 7.33. The molecule has 0 spiro atoms. The van der Waals surface area contributed by atoms with E-state index in [0.717, 1.165) is 6.54 Å². The molecule has 0 bridgehead atoms. The highest BCUT2D eigenvalue weighted by Gasteiger charge is 2.06. The Labute approximate surface area is 129 Å². The maximum Gasteiger partial charge on any atom is 0.287 e. The Balaban J connectivity index is 1.48. The molecule has 1 amide bonds. The number of amides is 1. The Bertz CT molecular complexity index is 745. The second-order valence-electron chi connectivity index (χ2n) is 5.05. The summed E-state index contributed by atoms with van der Waals surface area (Å²) >= 11 is 0. The molecule has 0 unspecified atom stereocenters. The first-order valence-corrected chi connectivity index (χ1v) is 7.33. The molecule has 3 aromatic rings. The number of hydrogen-bond donors (Lipinski definition) is 2. The van der Waals surface area contributed by atoms with Crippen molar-refractivity contribution in [3.05, 3.63) is 72.2 Å². The molecule has 0 atom stereocenters. The molecular formula is C18H18N2O2. The van der Waals surface area contributed by atoms with E-state index in [-0.39, 0.29) is 5.91 Å². The third-order valence-electron chi connectivity index (χ3n) is 3.53. The zero-order valence-electron chi connectivity index (χ0n) is 12.2. The highest BCUT2D eigenvalue weighted by atomic mass is 16.3. The van der Waals surface area contributed by atoms with Gasteiger partial charge in [0.2, 0.25) is 0 Å². The van der Waals surface area contributed by atoms with E-state index in [4.69, 9.17) is 4.42 Å². The molecule has 0 aliphatic carbocycles. The fourth-order valence-corrected chi connectivity index (χ4v) is 2.43. The van der Waals surface area contributed by atoms with Crippen LogP contribution in [-0.4, -0.2) is 19.0 Å². The molecule has 0 saturated heterocycles. The Morgan fingerprint density at radius 2 is 1.82 bits per heavy atom. The Morgan fingerprint density at radius 3 is 2.68 bits per heavy atom. The highest BCUT2D eigenvalue weighted by molar-refractivity contribution is 5.91. The van der Waals surface area contributed by atoms with Crippen LogP contribution in [0.15, 0.2) is 65.3 Å². The van der Waals surface area contributed by atoms with Crippen LogP contribution in [0.1, 0.15) is 16.1 Å². The molecule has 0 saturated carbocycles. The molecule has 4 heteroatoms. The normalized spacial score (nSPS) is 10.7. The molecule has 4 nitrogen and oxygen atoms in total. The molecule has 1 heterocycles. The summed E-state index contributed by atoms with van der Waals surface area (Å²) in [7, 11) is 0. The van der Waals surface area contributed by atoms with Gasteiger partial charge in [-0.2, -0.15) is 0 Å². The van der Waals surface area contributed by atoms with Gasteiger partial charge in [-0.05, 0) is 28.5 Å². The zero-order valence-corrected chi connectivity index (χ0v) is 12.2. The van der Waals surface area contributed by atoms with Gasteiger partial charge in [-0.3, -0.25) is 4.79 Å². The molecule has 0 aliphatic heterocycles. The Kier molecular flexibility index (Phi) is 4.51. The fraction of sp³-hybridized carbons (Fsp3) is 0.167. The van der Waals surface area contributed by atoms with Crippen molar-refractivity contribution in [2.24, 2.45) is 0 Å². The van der Waals surface area contributed by atoms with Crippen molar-refractivity contribution in [1.29, 1.82) is 0 Å². The number of fused-ring (bicyclic) bond motifs is 1. The molecule has 0 radical (unpaired) electrons. The quantitative estimate of drug-likeness (QED) is 0.687. The first-order chi connectivity index (χ1) is 10.8. The lowest BCUT2D eigenvalue weighted by molar-refractivity contribution is 0.0926. The summed E-state index contributed by atoms with van der Waals surface area (Å²) in [4.78, 5) is 11.7. The number of carbonyl (C=O) groups excluding carboxylic acids is 1. The van der Waals surface area contributed by atoms with Crippen LogP contribution in [0.2, 0.25) is 0 Å². The van der Waals surface area contributed by atoms with Gasteiger partial charge in [-0.15, -0.1) is 0 Å². The fourth-order valence-electron chi connectivity index (χ4n) is 2.43. The predicted molar refractivity (Wildman–Crippen MR) is 86.7 cm³/mol.